The third kappa shape index (κ3) is 3.26. The highest BCUT2D eigenvalue weighted by Gasteiger charge is 2.21. The second-order valence-corrected chi connectivity index (χ2v) is 5.32. The Morgan fingerprint density at radius 2 is 2.05 bits per heavy atom. The molecule has 0 spiro atoms. The Labute approximate surface area is 114 Å². The number of ether oxygens (including phenoxy) is 1. The summed E-state index contributed by atoms with van der Waals surface area (Å²) < 4.78 is 5.69. The van der Waals surface area contributed by atoms with E-state index in [4.69, 9.17) is 15.9 Å². The summed E-state index contributed by atoms with van der Waals surface area (Å²) in [5.41, 5.74) is 8.23. The molecule has 1 heterocycles. The van der Waals surface area contributed by atoms with Crippen LogP contribution in [0, 0.1) is 11.3 Å². The van der Waals surface area contributed by atoms with Crippen molar-refractivity contribution in [3.8, 4) is 5.75 Å². The minimum atomic E-state index is 0.0885. The Morgan fingerprint density at radius 1 is 1.37 bits per heavy atom. The molecule has 0 bridgehead atoms. The van der Waals surface area contributed by atoms with Crippen molar-refractivity contribution in [2.75, 3.05) is 18.8 Å². The minimum Gasteiger partial charge on any atom is -0.489 e. The maximum atomic E-state index is 8.38. The average molecular weight is 261 g/mol. The zero-order valence-electron chi connectivity index (χ0n) is 11.7. The number of hydrogen-bond acceptors (Lipinski definition) is 4. The monoisotopic (exact) mass is 261 g/mol. The molecule has 0 aliphatic carbocycles. The second kappa shape index (κ2) is 6.06. The first-order chi connectivity index (χ1) is 9.09. The first kappa shape index (κ1) is 13.9. The highest BCUT2D eigenvalue weighted by atomic mass is 16.5. The lowest BCUT2D eigenvalue weighted by Gasteiger charge is -2.24. The zero-order valence-corrected chi connectivity index (χ0v) is 11.7. The predicted octanol–water partition coefficient (Wildman–Crippen LogP) is 2.42. The first-order valence-electron chi connectivity index (χ1n) is 6.94. The Morgan fingerprint density at radius 3 is 2.68 bits per heavy atom. The normalized spacial score (nSPS) is 16.6. The van der Waals surface area contributed by atoms with E-state index in [1.807, 2.05) is 32.0 Å². The molecule has 4 heteroatoms. The number of nitrogens with one attached hydrogen (secondary N) is 2. The molecular weight excluding hydrogens is 238 g/mol. The standard InChI is InChI=1S/C15H23N3O/c1-10(2)19-13-5-3-4-12(15(13)17)14(16)11-6-8-18-9-7-11/h3-5,10-11,16,18H,6-9,17H2,1-2H3. The minimum absolute atomic E-state index is 0.0885. The van der Waals surface area contributed by atoms with E-state index in [0.29, 0.717) is 23.1 Å². The van der Waals surface area contributed by atoms with Gasteiger partial charge >= 0.3 is 0 Å². The van der Waals surface area contributed by atoms with E-state index in [0.717, 1.165) is 31.5 Å². The summed E-state index contributed by atoms with van der Waals surface area (Å²) in [6.45, 7) is 5.92. The third-order valence-electron chi connectivity index (χ3n) is 3.47. The molecule has 19 heavy (non-hydrogen) atoms. The van der Waals surface area contributed by atoms with Gasteiger partial charge in [0.1, 0.15) is 5.75 Å². The van der Waals surface area contributed by atoms with Gasteiger partial charge in [-0.1, -0.05) is 12.1 Å². The van der Waals surface area contributed by atoms with Crippen LogP contribution in [0.1, 0.15) is 32.3 Å². The second-order valence-electron chi connectivity index (χ2n) is 5.32. The molecule has 4 N–H and O–H groups in total. The Kier molecular flexibility index (Phi) is 4.43. The molecule has 0 atom stereocenters. The molecule has 104 valence electrons. The van der Waals surface area contributed by atoms with E-state index >= 15 is 0 Å². The van der Waals surface area contributed by atoms with E-state index in [9.17, 15) is 0 Å². The summed E-state index contributed by atoms with van der Waals surface area (Å²) >= 11 is 0. The van der Waals surface area contributed by atoms with Gasteiger partial charge in [-0.25, -0.2) is 0 Å². The molecule has 1 aromatic carbocycles. The largest absolute Gasteiger partial charge is 0.489 e. The van der Waals surface area contributed by atoms with Gasteiger partial charge in [-0.05, 0) is 45.8 Å². The maximum Gasteiger partial charge on any atom is 0.143 e. The number of nitrogen functional groups attached to an aromatic ring is 1. The van der Waals surface area contributed by atoms with Crippen LogP contribution in [0.3, 0.4) is 0 Å². The molecule has 0 unspecified atom stereocenters. The van der Waals surface area contributed by atoms with E-state index in [2.05, 4.69) is 5.32 Å². The summed E-state index contributed by atoms with van der Waals surface area (Å²) in [4.78, 5) is 0. The average Bonchev–Trinajstić information content (AvgIpc) is 2.41. The fraction of sp³-hybridized carbons (Fsp3) is 0.533. The van der Waals surface area contributed by atoms with Crippen molar-refractivity contribution in [3.05, 3.63) is 23.8 Å². The summed E-state index contributed by atoms with van der Waals surface area (Å²) in [5.74, 6) is 0.990. The molecule has 1 aromatic rings. The van der Waals surface area contributed by atoms with Crippen LogP contribution < -0.4 is 15.8 Å². The number of piperidine rings is 1. The molecule has 0 radical (unpaired) electrons. The van der Waals surface area contributed by atoms with Crippen LogP contribution >= 0.6 is 0 Å². The van der Waals surface area contributed by atoms with Crippen molar-refractivity contribution >= 4 is 11.4 Å². The lowest BCUT2D eigenvalue weighted by atomic mass is 9.88. The number of anilines is 1. The highest BCUT2D eigenvalue weighted by Crippen LogP contribution is 2.29. The fourth-order valence-corrected chi connectivity index (χ4v) is 2.47. The van der Waals surface area contributed by atoms with Crippen LogP contribution in [-0.4, -0.2) is 24.9 Å². The third-order valence-corrected chi connectivity index (χ3v) is 3.47. The SMILES string of the molecule is CC(C)Oc1cccc(C(=N)C2CCNCC2)c1N. The van der Waals surface area contributed by atoms with Crippen LogP contribution in [0.5, 0.6) is 5.75 Å². The summed E-state index contributed by atoms with van der Waals surface area (Å²) in [7, 11) is 0. The number of hydrogen-bond donors (Lipinski definition) is 3. The van der Waals surface area contributed by atoms with Crippen molar-refractivity contribution in [1.82, 2.24) is 5.32 Å². The molecule has 1 fully saturated rings. The van der Waals surface area contributed by atoms with Gasteiger partial charge in [0.05, 0.1) is 11.8 Å². The van der Waals surface area contributed by atoms with Crippen molar-refractivity contribution in [2.45, 2.75) is 32.8 Å². The Bertz CT molecular complexity index is 451. The van der Waals surface area contributed by atoms with Gasteiger partial charge in [-0.2, -0.15) is 0 Å². The highest BCUT2D eigenvalue weighted by molar-refractivity contribution is 6.05. The smallest absolute Gasteiger partial charge is 0.143 e. The van der Waals surface area contributed by atoms with Gasteiger partial charge in [0.25, 0.3) is 0 Å². The molecular formula is C15H23N3O. The van der Waals surface area contributed by atoms with Crippen molar-refractivity contribution in [3.63, 3.8) is 0 Å². The number of rotatable bonds is 4. The van der Waals surface area contributed by atoms with E-state index < -0.39 is 0 Å². The van der Waals surface area contributed by atoms with Crippen LogP contribution in [0.2, 0.25) is 0 Å². The van der Waals surface area contributed by atoms with Gasteiger partial charge < -0.3 is 21.2 Å². The molecule has 1 aliphatic rings. The quantitative estimate of drug-likeness (QED) is 0.576. The molecule has 0 aromatic heterocycles. The van der Waals surface area contributed by atoms with Gasteiger partial charge in [0.15, 0.2) is 0 Å². The van der Waals surface area contributed by atoms with E-state index in [1.165, 1.54) is 0 Å². The van der Waals surface area contributed by atoms with E-state index in [1.54, 1.807) is 0 Å². The molecule has 1 saturated heterocycles. The van der Waals surface area contributed by atoms with Crippen molar-refractivity contribution in [1.29, 1.82) is 5.41 Å². The van der Waals surface area contributed by atoms with Gasteiger partial charge in [0, 0.05) is 17.2 Å². The topological polar surface area (TPSA) is 71.1 Å². The molecule has 2 rings (SSSR count). The Balaban J connectivity index is 2.21. The zero-order chi connectivity index (χ0) is 13.8. The molecule has 1 aliphatic heterocycles. The van der Waals surface area contributed by atoms with Crippen LogP contribution in [0.25, 0.3) is 0 Å². The summed E-state index contributed by atoms with van der Waals surface area (Å²) in [5, 5.41) is 11.7. The van der Waals surface area contributed by atoms with Crippen LogP contribution in [0.4, 0.5) is 5.69 Å². The van der Waals surface area contributed by atoms with Gasteiger partial charge in [-0.3, -0.25) is 0 Å². The van der Waals surface area contributed by atoms with Crippen molar-refractivity contribution < 1.29 is 4.74 Å². The Hall–Kier alpha value is -1.55. The molecule has 0 saturated carbocycles. The number of benzene rings is 1. The number of para-hydroxylation sites is 1. The maximum absolute atomic E-state index is 8.38. The first-order valence-corrected chi connectivity index (χ1v) is 6.94. The lowest BCUT2D eigenvalue weighted by molar-refractivity contribution is 0.244. The van der Waals surface area contributed by atoms with Gasteiger partial charge in [-0.15, -0.1) is 0 Å². The van der Waals surface area contributed by atoms with Gasteiger partial charge in [0.2, 0.25) is 0 Å². The fourth-order valence-electron chi connectivity index (χ4n) is 2.47. The lowest BCUT2D eigenvalue weighted by Crippen LogP contribution is -2.32. The van der Waals surface area contributed by atoms with E-state index in [-0.39, 0.29) is 6.10 Å². The number of nitrogens with two attached hydrogens (primary N) is 1. The summed E-state index contributed by atoms with van der Waals surface area (Å²) in [6.07, 6.45) is 2.10. The van der Waals surface area contributed by atoms with Crippen molar-refractivity contribution in [2.24, 2.45) is 5.92 Å². The molecule has 4 nitrogen and oxygen atoms in total. The van der Waals surface area contributed by atoms with Crippen LogP contribution in [0.15, 0.2) is 18.2 Å². The molecule has 0 amide bonds. The van der Waals surface area contributed by atoms with Crippen LogP contribution in [-0.2, 0) is 0 Å². The predicted molar refractivity (Wildman–Crippen MR) is 79.0 cm³/mol. The summed E-state index contributed by atoms with van der Waals surface area (Å²) in [6, 6.07) is 5.71.